The summed E-state index contributed by atoms with van der Waals surface area (Å²) in [6, 6.07) is 7.10. The summed E-state index contributed by atoms with van der Waals surface area (Å²) in [7, 11) is 0. The van der Waals surface area contributed by atoms with Crippen molar-refractivity contribution in [3.8, 4) is 0 Å². The van der Waals surface area contributed by atoms with Gasteiger partial charge in [0.15, 0.2) is 0 Å². The fourth-order valence-corrected chi connectivity index (χ4v) is 1.49. The second kappa shape index (κ2) is 2.55. The van der Waals surface area contributed by atoms with Gasteiger partial charge in [0.1, 0.15) is 5.54 Å². The van der Waals surface area contributed by atoms with Crippen LogP contribution < -0.4 is 11.1 Å². The number of hydrogen-bond acceptors (Lipinski definition) is 3. The number of para-hydroxylation sites is 1. The van der Waals surface area contributed by atoms with Crippen molar-refractivity contribution in [2.24, 2.45) is 5.73 Å². The van der Waals surface area contributed by atoms with Gasteiger partial charge in [0, 0.05) is 11.3 Å². The third-order valence-corrected chi connectivity index (χ3v) is 2.31. The van der Waals surface area contributed by atoms with E-state index in [4.69, 9.17) is 10.8 Å². The van der Waals surface area contributed by atoms with Crippen molar-refractivity contribution in [1.29, 1.82) is 0 Å². The van der Waals surface area contributed by atoms with Crippen molar-refractivity contribution in [1.82, 2.24) is 0 Å². The number of nitrogens with one attached hydrogen (secondary N) is 1. The van der Waals surface area contributed by atoms with Crippen molar-refractivity contribution in [3.63, 3.8) is 0 Å². The van der Waals surface area contributed by atoms with E-state index in [1.165, 1.54) is 0 Å². The normalized spacial score (nSPS) is 25.5. The summed E-state index contributed by atoms with van der Waals surface area (Å²) >= 11 is 0. The first-order valence-electron chi connectivity index (χ1n) is 3.99. The molecule has 0 aromatic heterocycles. The summed E-state index contributed by atoms with van der Waals surface area (Å²) in [6.07, 6.45) is 0. The summed E-state index contributed by atoms with van der Waals surface area (Å²) in [6.45, 7) is -0.379. The van der Waals surface area contributed by atoms with E-state index in [-0.39, 0.29) is 12.5 Å². The topological polar surface area (TPSA) is 75.3 Å². The Morgan fingerprint density at radius 2 is 2.15 bits per heavy atom. The SMILES string of the molecule is NC1(CO)C(=O)Nc2ccccc21. The summed E-state index contributed by atoms with van der Waals surface area (Å²) < 4.78 is 0. The highest BCUT2D eigenvalue weighted by Gasteiger charge is 2.42. The van der Waals surface area contributed by atoms with E-state index in [0.29, 0.717) is 11.3 Å². The molecule has 1 amide bonds. The van der Waals surface area contributed by atoms with Crippen molar-refractivity contribution in [3.05, 3.63) is 29.8 Å². The molecule has 0 radical (unpaired) electrons. The van der Waals surface area contributed by atoms with Crippen LogP contribution in [0.2, 0.25) is 0 Å². The molecule has 1 aliphatic rings. The molecule has 0 fully saturated rings. The maximum Gasteiger partial charge on any atom is 0.251 e. The highest BCUT2D eigenvalue weighted by molar-refractivity contribution is 6.05. The molecule has 1 atom stereocenters. The van der Waals surface area contributed by atoms with Crippen LogP contribution in [-0.2, 0) is 10.3 Å². The minimum atomic E-state index is -1.27. The van der Waals surface area contributed by atoms with Gasteiger partial charge in [-0.05, 0) is 6.07 Å². The molecule has 68 valence electrons. The van der Waals surface area contributed by atoms with Crippen LogP contribution in [0.15, 0.2) is 24.3 Å². The quantitative estimate of drug-likeness (QED) is 0.556. The van der Waals surface area contributed by atoms with Crippen LogP contribution in [-0.4, -0.2) is 17.6 Å². The number of amides is 1. The first-order valence-corrected chi connectivity index (χ1v) is 3.99. The monoisotopic (exact) mass is 178 g/mol. The maximum atomic E-state index is 11.4. The number of carbonyl (C=O) groups is 1. The molecule has 1 aliphatic heterocycles. The highest BCUT2D eigenvalue weighted by atomic mass is 16.3. The van der Waals surface area contributed by atoms with Gasteiger partial charge in [-0.1, -0.05) is 18.2 Å². The summed E-state index contributed by atoms with van der Waals surface area (Å²) in [5.74, 6) is -0.351. The molecule has 4 N–H and O–H groups in total. The van der Waals surface area contributed by atoms with Crippen LogP contribution in [0.1, 0.15) is 5.56 Å². The summed E-state index contributed by atoms with van der Waals surface area (Å²) in [4.78, 5) is 11.4. The predicted octanol–water partition coefficient (Wildman–Crippen LogP) is -0.215. The van der Waals surface area contributed by atoms with Crippen LogP contribution in [0.25, 0.3) is 0 Å². The number of hydrogen-bond donors (Lipinski definition) is 3. The fraction of sp³-hybridized carbons (Fsp3) is 0.222. The highest BCUT2D eigenvalue weighted by Crippen LogP contribution is 2.32. The minimum absolute atomic E-state index is 0.351. The minimum Gasteiger partial charge on any atom is -0.394 e. The lowest BCUT2D eigenvalue weighted by molar-refractivity contribution is -0.122. The average molecular weight is 178 g/mol. The molecule has 2 rings (SSSR count). The zero-order chi connectivity index (χ0) is 9.47. The largest absolute Gasteiger partial charge is 0.394 e. The standard InChI is InChI=1S/C9H10N2O2/c10-9(5-12)6-3-1-2-4-7(6)11-8(9)13/h1-4,12H,5,10H2,(H,11,13). The molecular formula is C9H10N2O2. The number of anilines is 1. The number of carbonyl (C=O) groups excluding carboxylic acids is 1. The number of benzene rings is 1. The van der Waals surface area contributed by atoms with Crippen LogP contribution in [0, 0.1) is 0 Å². The van der Waals surface area contributed by atoms with Gasteiger partial charge in [-0.2, -0.15) is 0 Å². The Hall–Kier alpha value is -1.39. The van der Waals surface area contributed by atoms with Gasteiger partial charge in [-0.25, -0.2) is 0 Å². The van der Waals surface area contributed by atoms with E-state index in [1.54, 1.807) is 18.2 Å². The van der Waals surface area contributed by atoms with Crippen LogP contribution in [0.4, 0.5) is 5.69 Å². The molecular weight excluding hydrogens is 168 g/mol. The van der Waals surface area contributed by atoms with Gasteiger partial charge in [-0.3, -0.25) is 4.79 Å². The first-order chi connectivity index (χ1) is 6.18. The lowest BCUT2D eigenvalue weighted by Crippen LogP contribution is -2.46. The Bertz CT molecular complexity index is 364. The second-order valence-electron chi connectivity index (χ2n) is 3.13. The molecule has 4 nitrogen and oxygen atoms in total. The van der Waals surface area contributed by atoms with E-state index >= 15 is 0 Å². The number of rotatable bonds is 1. The molecule has 0 saturated heterocycles. The Balaban J connectivity index is 2.59. The summed E-state index contributed by atoms with van der Waals surface area (Å²) in [5.41, 5.74) is 5.82. The van der Waals surface area contributed by atoms with Crippen LogP contribution in [0.3, 0.4) is 0 Å². The van der Waals surface area contributed by atoms with Gasteiger partial charge in [0.05, 0.1) is 6.61 Å². The van der Waals surface area contributed by atoms with Gasteiger partial charge in [-0.15, -0.1) is 0 Å². The Morgan fingerprint density at radius 1 is 1.46 bits per heavy atom. The number of aliphatic hydroxyl groups is 1. The molecule has 1 unspecified atom stereocenters. The molecule has 4 heteroatoms. The zero-order valence-corrected chi connectivity index (χ0v) is 6.95. The molecule has 1 aromatic rings. The molecule has 0 spiro atoms. The average Bonchev–Trinajstić information content (AvgIpc) is 2.41. The van der Waals surface area contributed by atoms with Crippen molar-refractivity contribution in [2.45, 2.75) is 5.54 Å². The third-order valence-electron chi connectivity index (χ3n) is 2.31. The summed E-state index contributed by atoms with van der Waals surface area (Å²) in [5, 5.41) is 11.7. The van der Waals surface area contributed by atoms with Gasteiger partial charge < -0.3 is 16.2 Å². The fourth-order valence-electron chi connectivity index (χ4n) is 1.49. The first kappa shape index (κ1) is 8.22. The van der Waals surface area contributed by atoms with E-state index in [9.17, 15) is 4.79 Å². The maximum absolute atomic E-state index is 11.4. The Kier molecular flexibility index (Phi) is 1.61. The molecule has 1 aromatic carbocycles. The lowest BCUT2D eigenvalue weighted by Gasteiger charge is -2.18. The van der Waals surface area contributed by atoms with Gasteiger partial charge in [0.25, 0.3) is 5.91 Å². The Labute approximate surface area is 75.4 Å². The molecule has 0 aliphatic carbocycles. The van der Waals surface area contributed by atoms with Crippen LogP contribution >= 0.6 is 0 Å². The number of aliphatic hydroxyl groups excluding tert-OH is 1. The number of nitrogens with two attached hydrogens (primary N) is 1. The Morgan fingerprint density at radius 3 is 2.85 bits per heavy atom. The van der Waals surface area contributed by atoms with E-state index in [1.807, 2.05) is 6.07 Å². The van der Waals surface area contributed by atoms with Crippen LogP contribution in [0.5, 0.6) is 0 Å². The van der Waals surface area contributed by atoms with E-state index in [0.717, 1.165) is 0 Å². The smallest absolute Gasteiger partial charge is 0.251 e. The van der Waals surface area contributed by atoms with Gasteiger partial charge >= 0.3 is 0 Å². The molecule has 0 bridgehead atoms. The third kappa shape index (κ3) is 0.961. The predicted molar refractivity (Wildman–Crippen MR) is 48.0 cm³/mol. The van der Waals surface area contributed by atoms with Crippen molar-refractivity contribution in [2.75, 3.05) is 11.9 Å². The van der Waals surface area contributed by atoms with Crippen molar-refractivity contribution < 1.29 is 9.90 Å². The molecule has 13 heavy (non-hydrogen) atoms. The van der Waals surface area contributed by atoms with Crippen molar-refractivity contribution >= 4 is 11.6 Å². The second-order valence-corrected chi connectivity index (χ2v) is 3.13. The molecule has 0 saturated carbocycles. The van der Waals surface area contributed by atoms with E-state index in [2.05, 4.69) is 5.32 Å². The van der Waals surface area contributed by atoms with Gasteiger partial charge in [0.2, 0.25) is 0 Å². The van der Waals surface area contributed by atoms with E-state index < -0.39 is 5.54 Å². The molecule has 1 heterocycles. The zero-order valence-electron chi connectivity index (χ0n) is 6.95. The number of fused-ring (bicyclic) bond motifs is 1. The lowest BCUT2D eigenvalue weighted by atomic mass is 9.94.